The number of carbonyl (C=O) groups is 1. The molecular formula is C12H15IN2O2. The standard InChI is InChI=1S/C12H15IN2O2/c13-8-3-4-11(16)9(5-8)12(17)15-6-10(14)7-1-2-7/h3-5,7,10,16H,1-2,6,14H2,(H,15,17). The summed E-state index contributed by atoms with van der Waals surface area (Å²) in [5.74, 6) is 0.292. The van der Waals surface area contributed by atoms with Gasteiger partial charge in [-0.05, 0) is 59.5 Å². The zero-order valence-electron chi connectivity index (χ0n) is 9.32. The molecule has 0 radical (unpaired) electrons. The number of aromatic hydroxyl groups is 1. The monoisotopic (exact) mass is 346 g/mol. The van der Waals surface area contributed by atoms with Gasteiger partial charge in [-0.3, -0.25) is 4.79 Å². The highest BCUT2D eigenvalue weighted by atomic mass is 127. The van der Waals surface area contributed by atoms with Crippen LogP contribution in [0.25, 0.3) is 0 Å². The van der Waals surface area contributed by atoms with Gasteiger partial charge in [-0.2, -0.15) is 0 Å². The van der Waals surface area contributed by atoms with Crippen LogP contribution in [0.5, 0.6) is 5.75 Å². The number of amides is 1. The largest absolute Gasteiger partial charge is 0.507 e. The Morgan fingerprint density at radius 1 is 1.59 bits per heavy atom. The average molecular weight is 346 g/mol. The van der Waals surface area contributed by atoms with Crippen LogP contribution in [-0.2, 0) is 0 Å². The first kappa shape index (κ1) is 12.6. The first-order valence-corrected chi connectivity index (χ1v) is 6.68. The quantitative estimate of drug-likeness (QED) is 0.723. The van der Waals surface area contributed by atoms with E-state index in [1.165, 1.54) is 6.07 Å². The number of benzene rings is 1. The summed E-state index contributed by atoms with van der Waals surface area (Å²) in [5.41, 5.74) is 6.20. The maximum Gasteiger partial charge on any atom is 0.255 e. The van der Waals surface area contributed by atoms with Gasteiger partial charge >= 0.3 is 0 Å². The maximum absolute atomic E-state index is 11.8. The minimum atomic E-state index is -0.267. The summed E-state index contributed by atoms with van der Waals surface area (Å²) < 4.78 is 0.914. The fourth-order valence-electron chi connectivity index (χ4n) is 1.69. The summed E-state index contributed by atoms with van der Waals surface area (Å²) in [7, 11) is 0. The molecule has 0 aromatic heterocycles. The Bertz CT molecular complexity index is 433. The number of hydrogen-bond donors (Lipinski definition) is 3. The van der Waals surface area contributed by atoms with E-state index < -0.39 is 0 Å². The van der Waals surface area contributed by atoms with Gasteiger partial charge in [0.05, 0.1) is 5.56 Å². The number of halogens is 1. The van der Waals surface area contributed by atoms with Gasteiger partial charge in [-0.1, -0.05) is 0 Å². The third-order valence-electron chi connectivity index (χ3n) is 2.93. The van der Waals surface area contributed by atoms with E-state index in [2.05, 4.69) is 27.9 Å². The summed E-state index contributed by atoms with van der Waals surface area (Å²) in [4.78, 5) is 11.8. The lowest BCUT2D eigenvalue weighted by molar-refractivity contribution is 0.0947. The van der Waals surface area contributed by atoms with Gasteiger partial charge in [-0.25, -0.2) is 0 Å². The van der Waals surface area contributed by atoms with Crippen molar-refractivity contribution in [1.82, 2.24) is 5.32 Å². The molecule has 1 atom stereocenters. The third-order valence-corrected chi connectivity index (χ3v) is 3.60. The molecule has 92 valence electrons. The number of phenolic OH excluding ortho intramolecular Hbond substituents is 1. The first-order chi connectivity index (χ1) is 8.08. The van der Waals surface area contributed by atoms with Crippen LogP contribution in [-0.4, -0.2) is 23.6 Å². The molecular weight excluding hydrogens is 331 g/mol. The fourth-order valence-corrected chi connectivity index (χ4v) is 2.18. The topological polar surface area (TPSA) is 75.3 Å². The molecule has 4 nitrogen and oxygen atoms in total. The molecule has 0 heterocycles. The highest BCUT2D eigenvalue weighted by molar-refractivity contribution is 14.1. The van der Waals surface area contributed by atoms with E-state index in [9.17, 15) is 9.90 Å². The van der Waals surface area contributed by atoms with E-state index in [-0.39, 0.29) is 17.7 Å². The Morgan fingerprint density at radius 2 is 2.29 bits per heavy atom. The van der Waals surface area contributed by atoms with E-state index in [1.807, 2.05) is 0 Å². The Morgan fingerprint density at radius 3 is 2.94 bits per heavy atom. The van der Waals surface area contributed by atoms with Gasteiger partial charge in [0.2, 0.25) is 0 Å². The minimum Gasteiger partial charge on any atom is -0.507 e. The lowest BCUT2D eigenvalue weighted by Crippen LogP contribution is -2.38. The second-order valence-corrected chi connectivity index (χ2v) is 5.62. The van der Waals surface area contributed by atoms with Crippen LogP contribution in [0.15, 0.2) is 18.2 Å². The van der Waals surface area contributed by atoms with Crippen molar-refractivity contribution in [3.05, 3.63) is 27.3 Å². The maximum atomic E-state index is 11.8. The van der Waals surface area contributed by atoms with Gasteiger partial charge in [0.25, 0.3) is 5.91 Å². The molecule has 1 fully saturated rings. The van der Waals surface area contributed by atoms with Crippen molar-refractivity contribution in [3.63, 3.8) is 0 Å². The van der Waals surface area contributed by atoms with Crippen molar-refractivity contribution in [3.8, 4) is 5.75 Å². The van der Waals surface area contributed by atoms with Crippen molar-refractivity contribution in [1.29, 1.82) is 0 Å². The van der Waals surface area contributed by atoms with Crippen molar-refractivity contribution < 1.29 is 9.90 Å². The number of nitrogens with one attached hydrogen (secondary N) is 1. The van der Waals surface area contributed by atoms with Crippen LogP contribution < -0.4 is 11.1 Å². The van der Waals surface area contributed by atoms with E-state index in [4.69, 9.17) is 5.73 Å². The number of hydrogen-bond acceptors (Lipinski definition) is 3. The third kappa shape index (κ3) is 3.32. The molecule has 4 N–H and O–H groups in total. The number of rotatable bonds is 4. The molecule has 1 amide bonds. The molecule has 0 saturated heterocycles. The van der Waals surface area contributed by atoms with Gasteiger partial charge < -0.3 is 16.2 Å². The summed E-state index contributed by atoms with van der Waals surface area (Å²) in [6, 6.07) is 4.97. The minimum absolute atomic E-state index is 0.00269. The van der Waals surface area contributed by atoms with E-state index >= 15 is 0 Å². The molecule has 0 spiro atoms. The van der Waals surface area contributed by atoms with Crippen LogP contribution in [0.1, 0.15) is 23.2 Å². The summed E-state index contributed by atoms with van der Waals surface area (Å²) in [5, 5.41) is 12.4. The zero-order valence-corrected chi connectivity index (χ0v) is 11.5. The smallest absolute Gasteiger partial charge is 0.255 e. The molecule has 1 aromatic rings. The Labute approximate surface area is 114 Å². The second-order valence-electron chi connectivity index (χ2n) is 4.37. The van der Waals surface area contributed by atoms with Gasteiger partial charge in [-0.15, -0.1) is 0 Å². The SMILES string of the molecule is NC(CNC(=O)c1cc(I)ccc1O)C1CC1. The zero-order chi connectivity index (χ0) is 12.4. The van der Waals surface area contributed by atoms with Crippen LogP contribution in [0.4, 0.5) is 0 Å². The van der Waals surface area contributed by atoms with Crippen LogP contribution in [0, 0.1) is 9.49 Å². The molecule has 0 bridgehead atoms. The van der Waals surface area contributed by atoms with Gasteiger partial charge in [0, 0.05) is 16.2 Å². The summed E-state index contributed by atoms with van der Waals surface area (Å²) in [6.07, 6.45) is 2.32. The average Bonchev–Trinajstić information content (AvgIpc) is 3.12. The normalized spacial score (nSPS) is 16.6. The van der Waals surface area contributed by atoms with Crippen molar-refractivity contribution in [2.45, 2.75) is 18.9 Å². The molecule has 1 aromatic carbocycles. The van der Waals surface area contributed by atoms with Crippen LogP contribution in [0.3, 0.4) is 0 Å². The fraction of sp³-hybridized carbons (Fsp3) is 0.417. The lowest BCUT2D eigenvalue weighted by Gasteiger charge is -2.12. The van der Waals surface area contributed by atoms with Crippen molar-refractivity contribution in [2.75, 3.05) is 6.54 Å². The van der Waals surface area contributed by atoms with Gasteiger partial charge in [0.15, 0.2) is 0 Å². The van der Waals surface area contributed by atoms with E-state index in [1.54, 1.807) is 12.1 Å². The van der Waals surface area contributed by atoms with E-state index in [0.717, 1.165) is 16.4 Å². The number of nitrogens with two attached hydrogens (primary N) is 1. The van der Waals surface area contributed by atoms with Crippen molar-refractivity contribution in [2.24, 2.45) is 11.7 Å². The van der Waals surface area contributed by atoms with Crippen molar-refractivity contribution >= 4 is 28.5 Å². The van der Waals surface area contributed by atoms with Gasteiger partial charge in [0.1, 0.15) is 5.75 Å². The van der Waals surface area contributed by atoms with Crippen LogP contribution >= 0.6 is 22.6 Å². The molecule has 0 aliphatic heterocycles. The Kier molecular flexibility index (Phi) is 3.88. The van der Waals surface area contributed by atoms with E-state index in [0.29, 0.717) is 18.0 Å². The molecule has 1 saturated carbocycles. The first-order valence-electron chi connectivity index (χ1n) is 5.60. The molecule has 1 aliphatic carbocycles. The number of phenols is 1. The highest BCUT2D eigenvalue weighted by Gasteiger charge is 2.28. The predicted molar refractivity (Wildman–Crippen MR) is 73.9 cm³/mol. The summed E-state index contributed by atoms with van der Waals surface area (Å²) in [6.45, 7) is 0.467. The Hall–Kier alpha value is -0.820. The predicted octanol–water partition coefficient (Wildman–Crippen LogP) is 1.46. The Balaban J connectivity index is 1.96. The van der Waals surface area contributed by atoms with Crippen LogP contribution in [0.2, 0.25) is 0 Å². The molecule has 2 rings (SSSR count). The molecule has 17 heavy (non-hydrogen) atoms. The molecule has 5 heteroatoms. The number of carbonyl (C=O) groups excluding carboxylic acids is 1. The molecule has 1 aliphatic rings. The lowest BCUT2D eigenvalue weighted by atomic mass is 10.1. The molecule has 1 unspecified atom stereocenters. The highest BCUT2D eigenvalue weighted by Crippen LogP contribution is 2.31. The summed E-state index contributed by atoms with van der Waals surface area (Å²) >= 11 is 2.10. The second kappa shape index (κ2) is 5.22.